The summed E-state index contributed by atoms with van der Waals surface area (Å²) in [4.78, 5) is 11.8. The number of cyclic esters (lactones) is 1. The van der Waals surface area contributed by atoms with Crippen LogP contribution in [-0.4, -0.2) is 12.1 Å². The standard InChI is InChI=1S/C13H24O2/c1-3-5-9-12-10-6-8-11(7-4-2)13(14)15-12/h11-12H,3-10H2,1-2H3. The second-order valence-electron chi connectivity index (χ2n) is 4.62. The second kappa shape index (κ2) is 6.86. The number of ether oxygens (including phenoxy) is 1. The summed E-state index contributed by atoms with van der Waals surface area (Å²) >= 11 is 0. The molecule has 0 aromatic carbocycles. The van der Waals surface area contributed by atoms with Gasteiger partial charge < -0.3 is 4.74 Å². The molecule has 15 heavy (non-hydrogen) atoms. The van der Waals surface area contributed by atoms with E-state index >= 15 is 0 Å². The molecule has 0 saturated carbocycles. The molecular formula is C13H24O2. The van der Waals surface area contributed by atoms with E-state index in [9.17, 15) is 4.79 Å². The molecule has 1 saturated heterocycles. The first-order chi connectivity index (χ1) is 7.27. The smallest absolute Gasteiger partial charge is 0.309 e. The van der Waals surface area contributed by atoms with Gasteiger partial charge in [-0.2, -0.15) is 0 Å². The number of carbonyl (C=O) groups excluding carboxylic acids is 1. The van der Waals surface area contributed by atoms with Crippen molar-refractivity contribution in [3.8, 4) is 0 Å². The molecule has 0 N–H and O–H groups in total. The number of carbonyl (C=O) groups is 1. The van der Waals surface area contributed by atoms with E-state index in [0.717, 1.165) is 38.5 Å². The lowest BCUT2D eigenvalue weighted by Gasteiger charge is -2.16. The van der Waals surface area contributed by atoms with Crippen LogP contribution in [0.1, 0.15) is 65.2 Å². The highest BCUT2D eigenvalue weighted by molar-refractivity contribution is 5.72. The molecule has 0 amide bonds. The topological polar surface area (TPSA) is 26.3 Å². The molecule has 1 rings (SSSR count). The summed E-state index contributed by atoms with van der Waals surface area (Å²) in [6.45, 7) is 4.31. The number of rotatable bonds is 5. The van der Waals surface area contributed by atoms with E-state index < -0.39 is 0 Å². The van der Waals surface area contributed by atoms with Crippen LogP contribution in [0.25, 0.3) is 0 Å². The van der Waals surface area contributed by atoms with Crippen molar-refractivity contribution in [1.82, 2.24) is 0 Å². The Hall–Kier alpha value is -0.530. The fourth-order valence-corrected chi connectivity index (χ4v) is 2.27. The average Bonchev–Trinajstić information content (AvgIpc) is 2.39. The Bertz CT molecular complexity index is 189. The number of esters is 1. The SMILES string of the molecule is CCCCC1CCCC(CCC)C(=O)O1. The predicted molar refractivity (Wildman–Crippen MR) is 61.7 cm³/mol. The van der Waals surface area contributed by atoms with Crippen LogP contribution in [0.3, 0.4) is 0 Å². The highest BCUT2D eigenvalue weighted by atomic mass is 16.5. The van der Waals surface area contributed by atoms with Crippen molar-refractivity contribution < 1.29 is 9.53 Å². The van der Waals surface area contributed by atoms with E-state index in [1.807, 2.05) is 0 Å². The maximum absolute atomic E-state index is 11.8. The van der Waals surface area contributed by atoms with Crippen molar-refractivity contribution in [3.05, 3.63) is 0 Å². The zero-order valence-electron chi connectivity index (χ0n) is 10.1. The van der Waals surface area contributed by atoms with E-state index in [0.29, 0.717) is 0 Å². The van der Waals surface area contributed by atoms with Gasteiger partial charge in [0.1, 0.15) is 6.10 Å². The zero-order chi connectivity index (χ0) is 11.1. The van der Waals surface area contributed by atoms with Gasteiger partial charge in [-0.25, -0.2) is 0 Å². The molecule has 0 radical (unpaired) electrons. The molecule has 1 heterocycles. The Morgan fingerprint density at radius 2 is 2.00 bits per heavy atom. The van der Waals surface area contributed by atoms with Crippen LogP contribution in [0.5, 0.6) is 0 Å². The van der Waals surface area contributed by atoms with Crippen LogP contribution in [-0.2, 0) is 9.53 Å². The van der Waals surface area contributed by atoms with Gasteiger partial charge in [-0.05, 0) is 32.1 Å². The predicted octanol–water partition coefficient (Wildman–Crippen LogP) is 3.69. The van der Waals surface area contributed by atoms with Crippen LogP contribution in [0.2, 0.25) is 0 Å². The van der Waals surface area contributed by atoms with Gasteiger partial charge in [0.2, 0.25) is 0 Å². The lowest BCUT2D eigenvalue weighted by Crippen LogP contribution is -2.20. The normalized spacial score (nSPS) is 27.2. The summed E-state index contributed by atoms with van der Waals surface area (Å²) in [5.41, 5.74) is 0. The Balaban J connectivity index is 2.38. The lowest BCUT2D eigenvalue weighted by molar-refractivity contribution is -0.153. The molecule has 0 spiro atoms. The van der Waals surface area contributed by atoms with Crippen molar-refractivity contribution in [2.24, 2.45) is 5.92 Å². The third kappa shape index (κ3) is 4.23. The van der Waals surface area contributed by atoms with Gasteiger partial charge in [-0.3, -0.25) is 4.79 Å². The largest absolute Gasteiger partial charge is 0.462 e. The van der Waals surface area contributed by atoms with Crippen molar-refractivity contribution in [2.75, 3.05) is 0 Å². The minimum atomic E-state index is 0.0652. The number of unbranched alkanes of at least 4 members (excludes halogenated alkanes) is 1. The van der Waals surface area contributed by atoms with Crippen molar-refractivity contribution in [1.29, 1.82) is 0 Å². The fraction of sp³-hybridized carbons (Fsp3) is 0.923. The minimum absolute atomic E-state index is 0.0652. The summed E-state index contributed by atoms with van der Waals surface area (Å²) in [6, 6.07) is 0. The fourth-order valence-electron chi connectivity index (χ4n) is 2.27. The van der Waals surface area contributed by atoms with E-state index in [1.165, 1.54) is 12.8 Å². The highest BCUT2D eigenvalue weighted by Crippen LogP contribution is 2.25. The van der Waals surface area contributed by atoms with Gasteiger partial charge >= 0.3 is 5.97 Å². The zero-order valence-corrected chi connectivity index (χ0v) is 10.1. The van der Waals surface area contributed by atoms with Crippen molar-refractivity contribution >= 4 is 5.97 Å². The monoisotopic (exact) mass is 212 g/mol. The first-order valence-corrected chi connectivity index (χ1v) is 6.48. The Kier molecular flexibility index (Phi) is 5.74. The van der Waals surface area contributed by atoms with Gasteiger partial charge in [0.25, 0.3) is 0 Å². The molecule has 2 heteroatoms. The van der Waals surface area contributed by atoms with Gasteiger partial charge in [0, 0.05) is 0 Å². The van der Waals surface area contributed by atoms with Gasteiger partial charge in [0.15, 0.2) is 0 Å². The first kappa shape index (κ1) is 12.5. The third-order valence-electron chi connectivity index (χ3n) is 3.21. The molecule has 2 unspecified atom stereocenters. The number of hydrogen-bond donors (Lipinski definition) is 0. The average molecular weight is 212 g/mol. The molecule has 1 aliphatic heterocycles. The summed E-state index contributed by atoms with van der Waals surface area (Å²) in [5.74, 6) is 0.247. The Morgan fingerprint density at radius 3 is 2.67 bits per heavy atom. The molecule has 88 valence electrons. The molecule has 1 aliphatic rings. The number of hydrogen-bond acceptors (Lipinski definition) is 2. The quantitative estimate of drug-likeness (QED) is 0.650. The van der Waals surface area contributed by atoms with E-state index in [2.05, 4.69) is 13.8 Å². The summed E-state index contributed by atoms with van der Waals surface area (Å²) in [6.07, 6.45) is 8.98. The first-order valence-electron chi connectivity index (χ1n) is 6.48. The van der Waals surface area contributed by atoms with E-state index in [4.69, 9.17) is 4.74 Å². The third-order valence-corrected chi connectivity index (χ3v) is 3.21. The molecule has 0 bridgehead atoms. The van der Waals surface area contributed by atoms with Crippen molar-refractivity contribution in [2.45, 2.75) is 71.3 Å². The molecule has 0 aromatic heterocycles. The van der Waals surface area contributed by atoms with Gasteiger partial charge in [-0.1, -0.05) is 33.1 Å². The van der Waals surface area contributed by atoms with Crippen LogP contribution < -0.4 is 0 Å². The minimum Gasteiger partial charge on any atom is -0.462 e. The molecule has 2 nitrogen and oxygen atoms in total. The van der Waals surface area contributed by atoms with Crippen LogP contribution >= 0.6 is 0 Å². The summed E-state index contributed by atoms with van der Waals surface area (Å²) in [5, 5.41) is 0. The van der Waals surface area contributed by atoms with Gasteiger partial charge in [0.05, 0.1) is 5.92 Å². The van der Waals surface area contributed by atoms with Crippen LogP contribution in [0.4, 0.5) is 0 Å². The second-order valence-corrected chi connectivity index (χ2v) is 4.62. The van der Waals surface area contributed by atoms with E-state index in [-0.39, 0.29) is 18.0 Å². The molecule has 0 aliphatic carbocycles. The molecule has 1 fully saturated rings. The Morgan fingerprint density at radius 1 is 1.20 bits per heavy atom. The summed E-state index contributed by atoms with van der Waals surface area (Å²) < 4.78 is 5.54. The molecule has 0 aromatic rings. The Labute approximate surface area is 93.4 Å². The maximum Gasteiger partial charge on any atom is 0.309 e. The van der Waals surface area contributed by atoms with E-state index in [1.54, 1.807) is 0 Å². The van der Waals surface area contributed by atoms with Gasteiger partial charge in [-0.15, -0.1) is 0 Å². The van der Waals surface area contributed by atoms with Crippen molar-refractivity contribution in [3.63, 3.8) is 0 Å². The highest BCUT2D eigenvalue weighted by Gasteiger charge is 2.26. The van der Waals surface area contributed by atoms with Crippen LogP contribution in [0, 0.1) is 5.92 Å². The molecular weight excluding hydrogens is 188 g/mol. The summed E-state index contributed by atoms with van der Waals surface area (Å²) in [7, 11) is 0. The van der Waals surface area contributed by atoms with Crippen LogP contribution in [0.15, 0.2) is 0 Å². The maximum atomic E-state index is 11.8. The lowest BCUT2D eigenvalue weighted by atomic mass is 9.97. The molecule has 2 atom stereocenters.